The first kappa shape index (κ1) is 23.0. The van der Waals surface area contributed by atoms with Crippen molar-refractivity contribution in [3.8, 4) is 11.5 Å². The van der Waals surface area contributed by atoms with Crippen molar-refractivity contribution in [3.05, 3.63) is 58.9 Å². The molecule has 2 N–H and O–H groups in total. The Balaban J connectivity index is 0.00000364. The van der Waals surface area contributed by atoms with Crippen LogP contribution in [-0.2, 0) is 6.54 Å². The summed E-state index contributed by atoms with van der Waals surface area (Å²) < 4.78 is 24.2. The lowest BCUT2D eigenvalue weighted by Gasteiger charge is -2.19. The maximum absolute atomic E-state index is 13.9. The summed E-state index contributed by atoms with van der Waals surface area (Å²) in [6.45, 7) is 4.57. The zero-order chi connectivity index (χ0) is 19.1. The molecule has 0 fully saturated rings. The summed E-state index contributed by atoms with van der Waals surface area (Å²) in [7, 11) is 4.81. The fraction of sp³-hybridized carbons (Fsp3) is 0.350. The third kappa shape index (κ3) is 6.57. The first-order valence-corrected chi connectivity index (χ1v) is 8.42. The third-order valence-corrected chi connectivity index (χ3v) is 4.06. The van der Waals surface area contributed by atoms with E-state index in [0.29, 0.717) is 12.5 Å². The molecule has 0 bridgehead atoms. The van der Waals surface area contributed by atoms with Crippen LogP contribution in [0.4, 0.5) is 4.39 Å². The molecule has 0 radical (unpaired) electrons. The average molecular weight is 487 g/mol. The molecule has 2 aromatic carbocycles. The number of ether oxygens (including phenoxy) is 2. The number of hydrogen-bond donors (Lipinski definition) is 2. The molecule has 5 nitrogen and oxygen atoms in total. The molecule has 148 valence electrons. The minimum Gasteiger partial charge on any atom is -0.497 e. The van der Waals surface area contributed by atoms with Gasteiger partial charge in [-0.05, 0) is 54.8 Å². The molecule has 1 unspecified atom stereocenters. The van der Waals surface area contributed by atoms with E-state index in [1.54, 1.807) is 20.2 Å². The zero-order valence-electron chi connectivity index (χ0n) is 16.3. The Kier molecular flexibility index (Phi) is 9.34. The highest BCUT2D eigenvalue weighted by molar-refractivity contribution is 14.0. The molecule has 1 atom stereocenters. The van der Waals surface area contributed by atoms with Crippen molar-refractivity contribution in [3.63, 3.8) is 0 Å². The fourth-order valence-corrected chi connectivity index (χ4v) is 2.67. The predicted octanol–water partition coefficient (Wildman–Crippen LogP) is 4.20. The number of nitrogens with one attached hydrogen (secondary N) is 2. The normalized spacial score (nSPS) is 12.0. The van der Waals surface area contributed by atoms with Gasteiger partial charge in [0.1, 0.15) is 5.75 Å². The van der Waals surface area contributed by atoms with Crippen LogP contribution in [0.2, 0.25) is 0 Å². The van der Waals surface area contributed by atoms with Crippen molar-refractivity contribution in [1.82, 2.24) is 10.6 Å². The van der Waals surface area contributed by atoms with Crippen molar-refractivity contribution in [2.45, 2.75) is 26.4 Å². The number of hydrogen-bond acceptors (Lipinski definition) is 3. The molecule has 0 aliphatic carbocycles. The maximum Gasteiger partial charge on any atom is 0.191 e. The van der Waals surface area contributed by atoms with Crippen LogP contribution in [0.25, 0.3) is 0 Å². The molecule has 0 aliphatic rings. The molecule has 0 saturated heterocycles. The standard InChI is InChI=1S/C20H26FN3O2.HI/c1-13-8-15(10-17(9-13)25-4)12-23-20(22-3)24-14(2)16-6-7-19(26-5)18(21)11-16;/h6-11,14H,12H2,1-5H3,(H2,22,23,24);1H. The van der Waals surface area contributed by atoms with E-state index in [2.05, 4.69) is 21.7 Å². The molecule has 27 heavy (non-hydrogen) atoms. The number of halogens is 2. The SMILES string of the molecule is CN=C(NCc1cc(C)cc(OC)c1)NC(C)c1ccc(OC)c(F)c1.I. The van der Waals surface area contributed by atoms with Crippen LogP contribution in [0.15, 0.2) is 41.4 Å². The second-order valence-electron chi connectivity index (χ2n) is 6.04. The van der Waals surface area contributed by atoms with Gasteiger partial charge in [-0.2, -0.15) is 0 Å². The van der Waals surface area contributed by atoms with E-state index in [0.717, 1.165) is 22.4 Å². The Labute approximate surface area is 177 Å². The van der Waals surface area contributed by atoms with Gasteiger partial charge in [0, 0.05) is 13.6 Å². The lowest BCUT2D eigenvalue weighted by atomic mass is 10.1. The summed E-state index contributed by atoms with van der Waals surface area (Å²) in [5.41, 5.74) is 3.03. The molecular formula is C20H27FIN3O2. The summed E-state index contributed by atoms with van der Waals surface area (Å²) in [5, 5.41) is 6.53. The lowest BCUT2D eigenvalue weighted by molar-refractivity contribution is 0.386. The molecule has 0 aliphatic heterocycles. The van der Waals surface area contributed by atoms with Crippen LogP contribution in [-0.4, -0.2) is 27.2 Å². The molecule has 0 amide bonds. The van der Waals surface area contributed by atoms with Gasteiger partial charge in [0.15, 0.2) is 17.5 Å². The van der Waals surface area contributed by atoms with Crippen LogP contribution in [0.1, 0.15) is 29.7 Å². The number of guanidine groups is 1. The van der Waals surface area contributed by atoms with Crippen molar-refractivity contribution >= 4 is 29.9 Å². The second kappa shape index (κ2) is 11.0. The quantitative estimate of drug-likeness (QED) is 0.365. The number of benzene rings is 2. The van der Waals surface area contributed by atoms with Gasteiger partial charge < -0.3 is 20.1 Å². The average Bonchev–Trinajstić information content (AvgIpc) is 2.64. The number of aryl methyl sites for hydroxylation is 1. The summed E-state index contributed by atoms with van der Waals surface area (Å²) in [6, 6.07) is 10.9. The van der Waals surface area contributed by atoms with E-state index < -0.39 is 0 Å². The predicted molar refractivity (Wildman–Crippen MR) is 118 cm³/mol. The molecule has 2 rings (SSSR count). The number of aliphatic imine (C=N–C) groups is 1. The summed E-state index contributed by atoms with van der Waals surface area (Å²) in [5.74, 6) is 1.31. The smallest absolute Gasteiger partial charge is 0.191 e. The Hall–Kier alpha value is -2.03. The maximum atomic E-state index is 13.9. The fourth-order valence-electron chi connectivity index (χ4n) is 2.67. The largest absolute Gasteiger partial charge is 0.497 e. The number of nitrogens with zero attached hydrogens (tertiary/aromatic N) is 1. The van der Waals surface area contributed by atoms with Gasteiger partial charge >= 0.3 is 0 Å². The molecule has 0 spiro atoms. The Morgan fingerprint density at radius 1 is 1.15 bits per heavy atom. The van der Waals surface area contributed by atoms with Crippen LogP contribution >= 0.6 is 24.0 Å². The zero-order valence-corrected chi connectivity index (χ0v) is 18.6. The Morgan fingerprint density at radius 2 is 1.89 bits per heavy atom. The lowest BCUT2D eigenvalue weighted by Crippen LogP contribution is -2.38. The van der Waals surface area contributed by atoms with E-state index in [9.17, 15) is 4.39 Å². The first-order chi connectivity index (χ1) is 12.5. The van der Waals surface area contributed by atoms with Crippen LogP contribution in [0, 0.1) is 12.7 Å². The number of rotatable bonds is 6. The van der Waals surface area contributed by atoms with Gasteiger partial charge in [-0.25, -0.2) is 4.39 Å². The topological polar surface area (TPSA) is 54.9 Å². The molecule has 7 heteroatoms. The van der Waals surface area contributed by atoms with Crippen molar-refractivity contribution < 1.29 is 13.9 Å². The molecule has 2 aromatic rings. The highest BCUT2D eigenvalue weighted by Crippen LogP contribution is 2.21. The van der Waals surface area contributed by atoms with Gasteiger partial charge in [0.25, 0.3) is 0 Å². The van der Waals surface area contributed by atoms with Crippen molar-refractivity contribution in [2.24, 2.45) is 4.99 Å². The van der Waals surface area contributed by atoms with Crippen LogP contribution < -0.4 is 20.1 Å². The minimum atomic E-state index is -0.381. The van der Waals surface area contributed by atoms with Gasteiger partial charge in [-0.3, -0.25) is 4.99 Å². The first-order valence-electron chi connectivity index (χ1n) is 8.42. The van der Waals surface area contributed by atoms with Gasteiger partial charge in [0.2, 0.25) is 0 Å². The van der Waals surface area contributed by atoms with Crippen LogP contribution in [0.5, 0.6) is 11.5 Å². The highest BCUT2D eigenvalue weighted by Gasteiger charge is 2.11. The summed E-state index contributed by atoms with van der Waals surface area (Å²) >= 11 is 0. The van der Waals surface area contributed by atoms with Gasteiger partial charge in [-0.1, -0.05) is 12.1 Å². The van der Waals surface area contributed by atoms with E-state index in [1.165, 1.54) is 13.2 Å². The minimum absolute atomic E-state index is 0. The summed E-state index contributed by atoms with van der Waals surface area (Å²) in [4.78, 5) is 4.23. The molecular weight excluding hydrogens is 460 g/mol. The summed E-state index contributed by atoms with van der Waals surface area (Å²) in [6.07, 6.45) is 0. The van der Waals surface area contributed by atoms with Gasteiger partial charge in [0.05, 0.1) is 20.3 Å². The van der Waals surface area contributed by atoms with Crippen LogP contribution in [0.3, 0.4) is 0 Å². The molecule has 0 aromatic heterocycles. The molecule has 0 heterocycles. The Bertz CT molecular complexity index is 784. The highest BCUT2D eigenvalue weighted by atomic mass is 127. The second-order valence-corrected chi connectivity index (χ2v) is 6.04. The van der Waals surface area contributed by atoms with Crippen molar-refractivity contribution in [2.75, 3.05) is 21.3 Å². The third-order valence-electron chi connectivity index (χ3n) is 4.06. The Morgan fingerprint density at radius 3 is 2.48 bits per heavy atom. The number of methoxy groups -OCH3 is 2. The van der Waals surface area contributed by atoms with E-state index in [-0.39, 0.29) is 41.6 Å². The monoisotopic (exact) mass is 487 g/mol. The van der Waals surface area contributed by atoms with E-state index >= 15 is 0 Å². The van der Waals surface area contributed by atoms with Crippen molar-refractivity contribution in [1.29, 1.82) is 0 Å². The van der Waals surface area contributed by atoms with E-state index in [4.69, 9.17) is 9.47 Å². The molecule has 0 saturated carbocycles. The van der Waals surface area contributed by atoms with E-state index in [1.807, 2.05) is 32.0 Å². The van der Waals surface area contributed by atoms with Gasteiger partial charge in [-0.15, -0.1) is 24.0 Å².